The van der Waals surface area contributed by atoms with E-state index in [4.69, 9.17) is 11.6 Å². The standard InChI is InChI=1S/C10H13ClN2OS/c1-7-9(15-6-12-7)2-3-13-5-8(11)4-10(13)14/h6,8H,2-5H2,1H3. The Labute approximate surface area is 98.1 Å². The van der Waals surface area contributed by atoms with Crippen molar-refractivity contribution < 1.29 is 4.79 Å². The molecule has 0 radical (unpaired) electrons. The third-order valence-corrected chi connectivity index (χ3v) is 3.91. The topological polar surface area (TPSA) is 33.2 Å². The molecule has 0 aromatic carbocycles. The van der Waals surface area contributed by atoms with Crippen molar-refractivity contribution in [3.63, 3.8) is 0 Å². The number of aryl methyl sites for hydroxylation is 1. The molecule has 3 nitrogen and oxygen atoms in total. The Hall–Kier alpha value is -0.610. The molecule has 0 saturated carbocycles. The van der Waals surface area contributed by atoms with Crippen LogP contribution in [0.4, 0.5) is 0 Å². The zero-order valence-electron chi connectivity index (χ0n) is 8.57. The van der Waals surface area contributed by atoms with Crippen LogP contribution >= 0.6 is 22.9 Å². The first-order valence-electron chi connectivity index (χ1n) is 4.97. The average Bonchev–Trinajstić information content (AvgIpc) is 2.70. The minimum absolute atomic E-state index is 0.0000534. The number of nitrogens with zero attached hydrogens (tertiary/aromatic N) is 2. The molecule has 0 spiro atoms. The molecule has 0 bridgehead atoms. The molecule has 1 amide bonds. The average molecular weight is 245 g/mol. The van der Waals surface area contributed by atoms with Crippen molar-refractivity contribution in [2.45, 2.75) is 25.1 Å². The van der Waals surface area contributed by atoms with E-state index in [1.54, 1.807) is 11.3 Å². The van der Waals surface area contributed by atoms with Gasteiger partial charge >= 0.3 is 0 Å². The molecular formula is C10H13ClN2OS. The maximum absolute atomic E-state index is 11.5. The van der Waals surface area contributed by atoms with Gasteiger partial charge in [0.2, 0.25) is 5.91 Å². The first-order chi connectivity index (χ1) is 7.16. The minimum atomic E-state index is 0.0000534. The quantitative estimate of drug-likeness (QED) is 0.761. The molecule has 2 heterocycles. The third-order valence-electron chi connectivity index (χ3n) is 2.62. The Balaban J connectivity index is 1.89. The van der Waals surface area contributed by atoms with Gasteiger partial charge in [0.05, 0.1) is 16.6 Å². The lowest BCUT2D eigenvalue weighted by Gasteiger charge is -2.14. The number of thiazole rings is 1. The van der Waals surface area contributed by atoms with Gasteiger partial charge < -0.3 is 4.90 Å². The SMILES string of the molecule is Cc1ncsc1CCN1CC(Cl)CC1=O. The van der Waals surface area contributed by atoms with E-state index < -0.39 is 0 Å². The lowest BCUT2D eigenvalue weighted by atomic mass is 10.3. The van der Waals surface area contributed by atoms with E-state index in [2.05, 4.69) is 4.98 Å². The largest absolute Gasteiger partial charge is 0.341 e. The van der Waals surface area contributed by atoms with E-state index in [9.17, 15) is 4.79 Å². The molecule has 0 aliphatic carbocycles. The first-order valence-corrected chi connectivity index (χ1v) is 6.29. The van der Waals surface area contributed by atoms with E-state index in [1.165, 1.54) is 4.88 Å². The van der Waals surface area contributed by atoms with Crippen LogP contribution in [0.2, 0.25) is 0 Å². The molecule has 1 aliphatic heterocycles. The number of halogens is 1. The van der Waals surface area contributed by atoms with Gasteiger partial charge in [-0.1, -0.05) is 0 Å². The van der Waals surface area contributed by atoms with Crippen LogP contribution in [0.15, 0.2) is 5.51 Å². The van der Waals surface area contributed by atoms with Crippen LogP contribution in [0.25, 0.3) is 0 Å². The number of hydrogen-bond donors (Lipinski definition) is 0. The molecule has 15 heavy (non-hydrogen) atoms. The highest BCUT2D eigenvalue weighted by Gasteiger charge is 2.27. The summed E-state index contributed by atoms with van der Waals surface area (Å²) in [5.41, 5.74) is 2.93. The van der Waals surface area contributed by atoms with Gasteiger partial charge in [-0.25, -0.2) is 4.98 Å². The first kappa shape index (κ1) is 10.9. The molecule has 0 N–H and O–H groups in total. The number of carbonyl (C=O) groups excluding carboxylic acids is 1. The van der Waals surface area contributed by atoms with Gasteiger partial charge in [-0.05, 0) is 6.92 Å². The van der Waals surface area contributed by atoms with Crippen LogP contribution < -0.4 is 0 Å². The number of amides is 1. The summed E-state index contributed by atoms with van der Waals surface area (Å²) >= 11 is 7.57. The van der Waals surface area contributed by atoms with E-state index in [0.717, 1.165) is 18.7 Å². The molecule has 2 rings (SSSR count). The highest BCUT2D eigenvalue weighted by Crippen LogP contribution is 2.18. The summed E-state index contributed by atoms with van der Waals surface area (Å²) < 4.78 is 0. The second-order valence-corrected chi connectivity index (χ2v) is 5.31. The number of rotatable bonds is 3. The molecule has 5 heteroatoms. The molecule has 82 valence electrons. The lowest BCUT2D eigenvalue weighted by Crippen LogP contribution is -2.27. The number of carbonyl (C=O) groups is 1. The Bertz CT molecular complexity index is 366. The highest BCUT2D eigenvalue weighted by atomic mass is 35.5. The van der Waals surface area contributed by atoms with Gasteiger partial charge in [-0.3, -0.25) is 4.79 Å². The number of alkyl halides is 1. The second-order valence-electron chi connectivity index (χ2n) is 3.75. The van der Waals surface area contributed by atoms with Crippen molar-refractivity contribution in [1.29, 1.82) is 0 Å². The van der Waals surface area contributed by atoms with E-state index >= 15 is 0 Å². The Morgan fingerprint density at radius 1 is 1.73 bits per heavy atom. The van der Waals surface area contributed by atoms with Crippen LogP contribution in [0.1, 0.15) is 17.0 Å². The summed E-state index contributed by atoms with van der Waals surface area (Å²) in [5, 5.41) is 0.0000534. The van der Waals surface area contributed by atoms with E-state index in [0.29, 0.717) is 13.0 Å². The van der Waals surface area contributed by atoms with E-state index in [-0.39, 0.29) is 11.3 Å². The molecule has 1 aliphatic rings. The van der Waals surface area contributed by atoms with Gasteiger partial charge in [0, 0.05) is 30.8 Å². The smallest absolute Gasteiger partial charge is 0.224 e. The van der Waals surface area contributed by atoms with Crippen LogP contribution in [0.5, 0.6) is 0 Å². The molecule has 1 fully saturated rings. The summed E-state index contributed by atoms with van der Waals surface area (Å²) in [6.45, 7) is 3.46. The molecule has 1 aromatic rings. The summed E-state index contributed by atoms with van der Waals surface area (Å²) in [6.07, 6.45) is 1.38. The van der Waals surface area contributed by atoms with Crippen molar-refractivity contribution in [1.82, 2.24) is 9.88 Å². The fraction of sp³-hybridized carbons (Fsp3) is 0.600. The second kappa shape index (κ2) is 4.49. The van der Waals surface area contributed by atoms with Crippen molar-refractivity contribution in [2.75, 3.05) is 13.1 Å². The van der Waals surface area contributed by atoms with Crippen molar-refractivity contribution in [2.24, 2.45) is 0 Å². The fourth-order valence-corrected chi connectivity index (χ4v) is 2.81. The number of hydrogen-bond acceptors (Lipinski definition) is 3. The van der Waals surface area contributed by atoms with Crippen molar-refractivity contribution in [3.8, 4) is 0 Å². The Morgan fingerprint density at radius 2 is 2.53 bits per heavy atom. The molecule has 1 unspecified atom stereocenters. The summed E-state index contributed by atoms with van der Waals surface area (Å²) in [7, 11) is 0. The molecule has 1 saturated heterocycles. The van der Waals surface area contributed by atoms with Crippen LogP contribution in [-0.2, 0) is 11.2 Å². The monoisotopic (exact) mass is 244 g/mol. The Kier molecular flexibility index (Phi) is 3.26. The summed E-state index contributed by atoms with van der Waals surface area (Å²) in [6, 6.07) is 0. The predicted octanol–water partition coefficient (Wildman–Crippen LogP) is 1.83. The maximum Gasteiger partial charge on any atom is 0.224 e. The van der Waals surface area contributed by atoms with Gasteiger partial charge in [-0.2, -0.15) is 0 Å². The van der Waals surface area contributed by atoms with Crippen LogP contribution in [-0.4, -0.2) is 34.3 Å². The van der Waals surface area contributed by atoms with Gasteiger partial charge in [-0.15, -0.1) is 22.9 Å². The Morgan fingerprint density at radius 3 is 3.07 bits per heavy atom. The number of likely N-dealkylation sites (tertiary alicyclic amines) is 1. The minimum Gasteiger partial charge on any atom is -0.341 e. The normalized spacial score (nSPS) is 21.3. The zero-order chi connectivity index (χ0) is 10.8. The van der Waals surface area contributed by atoms with Crippen molar-refractivity contribution >= 4 is 28.8 Å². The third kappa shape index (κ3) is 2.49. The van der Waals surface area contributed by atoms with Gasteiger partial charge in [0.15, 0.2) is 0 Å². The number of aromatic nitrogens is 1. The molecule has 1 aromatic heterocycles. The maximum atomic E-state index is 11.5. The predicted molar refractivity (Wildman–Crippen MR) is 61.4 cm³/mol. The van der Waals surface area contributed by atoms with Crippen LogP contribution in [0, 0.1) is 6.92 Å². The summed E-state index contributed by atoms with van der Waals surface area (Å²) in [5.74, 6) is 0.178. The zero-order valence-corrected chi connectivity index (χ0v) is 10.1. The highest BCUT2D eigenvalue weighted by molar-refractivity contribution is 7.09. The van der Waals surface area contributed by atoms with Gasteiger partial charge in [0.25, 0.3) is 0 Å². The van der Waals surface area contributed by atoms with Crippen molar-refractivity contribution in [3.05, 3.63) is 16.1 Å². The summed E-state index contributed by atoms with van der Waals surface area (Å²) in [4.78, 5) is 18.8. The molecule has 1 atom stereocenters. The van der Waals surface area contributed by atoms with Gasteiger partial charge in [0.1, 0.15) is 0 Å². The molecular weight excluding hydrogens is 232 g/mol. The van der Waals surface area contributed by atoms with Crippen LogP contribution in [0.3, 0.4) is 0 Å². The van der Waals surface area contributed by atoms with E-state index in [1.807, 2.05) is 17.3 Å². The fourth-order valence-electron chi connectivity index (χ4n) is 1.74. The lowest BCUT2D eigenvalue weighted by molar-refractivity contribution is -0.127.